The molecule has 2 aliphatic rings. The van der Waals surface area contributed by atoms with Crippen molar-refractivity contribution in [2.75, 3.05) is 0 Å². The Morgan fingerprint density at radius 2 is 2.15 bits per heavy atom. The summed E-state index contributed by atoms with van der Waals surface area (Å²) >= 11 is 0. The van der Waals surface area contributed by atoms with Gasteiger partial charge in [0.2, 0.25) is 0 Å². The second kappa shape index (κ2) is 3.13. The number of carbonyl (C=O) groups is 1. The second-order valence-corrected chi connectivity index (χ2v) is 4.38. The third kappa shape index (κ3) is 1.48. The predicted molar refractivity (Wildman–Crippen MR) is 53.3 cm³/mol. The van der Waals surface area contributed by atoms with Crippen molar-refractivity contribution in [1.82, 2.24) is 0 Å². The van der Waals surface area contributed by atoms with E-state index in [1.807, 2.05) is 6.08 Å². The fourth-order valence-corrected chi connectivity index (χ4v) is 2.41. The molecule has 2 rings (SSSR count). The Bertz CT molecular complexity index is 285. The van der Waals surface area contributed by atoms with Crippen molar-refractivity contribution in [2.24, 2.45) is 17.8 Å². The summed E-state index contributed by atoms with van der Waals surface area (Å²) < 4.78 is 0. The molecule has 0 aromatic rings. The first kappa shape index (κ1) is 8.74. The number of ketones is 1. The van der Waals surface area contributed by atoms with Gasteiger partial charge in [0.25, 0.3) is 0 Å². The van der Waals surface area contributed by atoms with E-state index in [0.717, 1.165) is 12.3 Å². The quantitative estimate of drug-likeness (QED) is 0.554. The van der Waals surface area contributed by atoms with E-state index in [2.05, 4.69) is 19.9 Å². The first-order valence-electron chi connectivity index (χ1n) is 5.11. The second-order valence-electron chi connectivity index (χ2n) is 4.38. The smallest absolute Gasteiger partial charge is 0.178 e. The van der Waals surface area contributed by atoms with Crippen molar-refractivity contribution >= 4 is 5.78 Å². The van der Waals surface area contributed by atoms with Gasteiger partial charge in [-0.1, -0.05) is 25.5 Å². The number of hydrogen-bond donors (Lipinski definition) is 0. The fraction of sp³-hybridized carbons (Fsp3) is 0.583. The maximum Gasteiger partial charge on any atom is 0.178 e. The van der Waals surface area contributed by atoms with E-state index in [1.165, 1.54) is 12.0 Å². The molecule has 13 heavy (non-hydrogen) atoms. The van der Waals surface area contributed by atoms with Crippen LogP contribution in [0, 0.1) is 17.8 Å². The number of allylic oxidation sites excluding steroid dienone is 4. The Kier molecular flexibility index (Phi) is 2.10. The summed E-state index contributed by atoms with van der Waals surface area (Å²) in [6, 6.07) is 0. The van der Waals surface area contributed by atoms with Crippen molar-refractivity contribution in [3.63, 3.8) is 0 Å². The lowest BCUT2D eigenvalue weighted by molar-refractivity contribution is -0.110. The van der Waals surface area contributed by atoms with Crippen LogP contribution in [-0.2, 0) is 4.79 Å². The number of hydrogen-bond acceptors (Lipinski definition) is 1. The molecule has 0 bridgehead atoms. The molecule has 0 aromatic heterocycles. The Hall–Kier alpha value is -0.850. The van der Waals surface area contributed by atoms with Gasteiger partial charge in [0.15, 0.2) is 5.78 Å². The lowest BCUT2D eigenvalue weighted by Crippen LogP contribution is -2.26. The molecule has 1 fully saturated rings. The molecule has 2 aliphatic carbocycles. The molecule has 3 atom stereocenters. The largest absolute Gasteiger partial charge is 0.290 e. The highest BCUT2D eigenvalue weighted by atomic mass is 16.1. The summed E-state index contributed by atoms with van der Waals surface area (Å²) in [6.07, 6.45) is 8.02. The zero-order valence-corrected chi connectivity index (χ0v) is 8.29. The minimum Gasteiger partial charge on any atom is -0.290 e. The van der Waals surface area contributed by atoms with Gasteiger partial charge in [0.05, 0.1) is 0 Å². The van der Waals surface area contributed by atoms with Crippen molar-refractivity contribution < 1.29 is 4.79 Å². The Morgan fingerprint density at radius 3 is 2.92 bits per heavy atom. The van der Waals surface area contributed by atoms with Crippen LogP contribution in [0.15, 0.2) is 23.8 Å². The van der Waals surface area contributed by atoms with E-state index < -0.39 is 0 Å². The fourth-order valence-electron chi connectivity index (χ4n) is 2.41. The van der Waals surface area contributed by atoms with Crippen LogP contribution >= 0.6 is 0 Å². The average Bonchev–Trinajstić information content (AvgIpc) is 2.12. The molecule has 0 saturated heterocycles. The molecule has 70 valence electrons. The maximum absolute atomic E-state index is 11.1. The molecule has 0 aliphatic heterocycles. The molecule has 1 nitrogen and oxygen atoms in total. The molecule has 1 heteroatoms. The van der Waals surface area contributed by atoms with Crippen LogP contribution in [0.4, 0.5) is 0 Å². The standard InChI is InChI=1S/C12H16O/c1-8-3-4-10-7-11(13)5-6-12(10)9(8)2/h5-9,12H,3-4H2,1-2H3/t8?,9?,12-/m1/s1. The molecule has 0 amide bonds. The normalized spacial score (nSPS) is 38.5. The van der Waals surface area contributed by atoms with E-state index in [1.54, 1.807) is 6.08 Å². The SMILES string of the molecule is CC1CCC2=CC(=O)C=C[C@@H]2C1C. The Morgan fingerprint density at radius 1 is 1.38 bits per heavy atom. The molecule has 0 spiro atoms. The zero-order chi connectivity index (χ0) is 9.42. The molecular weight excluding hydrogens is 160 g/mol. The summed E-state index contributed by atoms with van der Waals surface area (Å²) in [5.41, 5.74) is 1.36. The first-order valence-corrected chi connectivity index (χ1v) is 5.11. The van der Waals surface area contributed by atoms with Gasteiger partial charge in [0.1, 0.15) is 0 Å². The minimum atomic E-state index is 0.174. The highest BCUT2D eigenvalue weighted by molar-refractivity contribution is 6.00. The third-order valence-corrected chi connectivity index (χ3v) is 3.58. The van der Waals surface area contributed by atoms with Crippen LogP contribution in [0.1, 0.15) is 26.7 Å². The van der Waals surface area contributed by atoms with E-state index in [0.29, 0.717) is 11.8 Å². The van der Waals surface area contributed by atoms with E-state index in [-0.39, 0.29) is 5.78 Å². The van der Waals surface area contributed by atoms with Crippen molar-refractivity contribution in [2.45, 2.75) is 26.7 Å². The van der Waals surface area contributed by atoms with Crippen LogP contribution in [-0.4, -0.2) is 5.78 Å². The highest BCUT2D eigenvalue weighted by Crippen LogP contribution is 2.40. The van der Waals surface area contributed by atoms with Gasteiger partial charge in [-0.15, -0.1) is 0 Å². The molecule has 0 aromatic carbocycles. The number of rotatable bonds is 0. The van der Waals surface area contributed by atoms with E-state index >= 15 is 0 Å². The monoisotopic (exact) mass is 176 g/mol. The van der Waals surface area contributed by atoms with Gasteiger partial charge in [0, 0.05) is 5.92 Å². The van der Waals surface area contributed by atoms with Crippen LogP contribution in [0.25, 0.3) is 0 Å². The highest BCUT2D eigenvalue weighted by Gasteiger charge is 2.30. The summed E-state index contributed by atoms with van der Waals surface area (Å²) in [5.74, 6) is 2.21. The van der Waals surface area contributed by atoms with Crippen LogP contribution in [0.3, 0.4) is 0 Å². The molecule has 2 unspecified atom stereocenters. The minimum absolute atomic E-state index is 0.174. The zero-order valence-electron chi connectivity index (χ0n) is 8.29. The Labute approximate surface area is 79.5 Å². The van der Waals surface area contributed by atoms with Crippen molar-refractivity contribution in [3.05, 3.63) is 23.8 Å². The van der Waals surface area contributed by atoms with Gasteiger partial charge in [-0.25, -0.2) is 0 Å². The average molecular weight is 176 g/mol. The van der Waals surface area contributed by atoms with Gasteiger partial charge < -0.3 is 0 Å². The molecule has 0 heterocycles. The van der Waals surface area contributed by atoms with Crippen molar-refractivity contribution in [1.29, 1.82) is 0 Å². The number of fused-ring (bicyclic) bond motifs is 1. The van der Waals surface area contributed by atoms with Gasteiger partial charge in [-0.3, -0.25) is 4.79 Å². The van der Waals surface area contributed by atoms with Crippen LogP contribution in [0.2, 0.25) is 0 Å². The number of carbonyl (C=O) groups excluding carboxylic acids is 1. The first-order chi connectivity index (χ1) is 6.18. The summed E-state index contributed by atoms with van der Waals surface area (Å²) in [7, 11) is 0. The molecular formula is C12H16O. The van der Waals surface area contributed by atoms with Crippen molar-refractivity contribution in [3.8, 4) is 0 Å². The topological polar surface area (TPSA) is 17.1 Å². The van der Waals surface area contributed by atoms with Crippen LogP contribution in [0.5, 0.6) is 0 Å². The summed E-state index contributed by atoms with van der Waals surface area (Å²) in [6.45, 7) is 4.61. The van der Waals surface area contributed by atoms with Gasteiger partial charge in [-0.05, 0) is 36.8 Å². The summed E-state index contributed by atoms with van der Waals surface area (Å²) in [5, 5.41) is 0. The van der Waals surface area contributed by atoms with E-state index in [4.69, 9.17) is 0 Å². The maximum atomic E-state index is 11.1. The van der Waals surface area contributed by atoms with E-state index in [9.17, 15) is 4.79 Å². The summed E-state index contributed by atoms with van der Waals surface area (Å²) in [4.78, 5) is 11.1. The lowest BCUT2D eigenvalue weighted by atomic mass is 9.69. The lowest BCUT2D eigenvalue weighted by Gasteiger charge is -2.35. The predicted octanol–water partition coefficient (Wildman–Crippen LogP) is 2.73. The van der Waals surface area contributed by atoms with Crippen LogP contribution < -0.4 is 0 Å². The van der Waals surface area contributed by atoms with Gasteiger partial charge in [-0.2, -0.15) is 0 Å². The molecule has 0 N–H and O–H groups in total. The van der Waals surface area contributed by atoms with Gasteiger partial charge >= 0.3 is 0 Å². The molecule has 1 saturated carbocycles. The third-order valence-electron chi connectivity index (χ3n) is 3.58. The molecule has 0 radical (unpaired) electrons. The Balaban J connectivity index is 2.25.